The Morgan fingerprint density at radius 3 is 1.85 bits per heavy atom. The van der Waals surface area contributed by atoms with Gasteiger partial charge in [0, 0.05) is 11.0 Å². The van der Waals surface area contributed by atoms with Gasteiger partial charge in [0.2, 0.25) is 0 Å². The zero-order valence-corrected chi connectivity index (χ0v) is 18.1. The highest BCUT2D eigenvalue weighted by Crippen LogP contribution is 2.44. The number of phenolic OH excluding ortho intramolecular Hbond substituents is 2. The standard InChI is InChI=1S/C25H36O2/c1-8-17(9-2)21-15-19(16-22(23(21)27)24(4,5)10-3)25(6,7)18-11-13-20(26)14-12-18/h11-17,26-27H,8-10H2,1-7H3. The second kappa shape index (κ2) is 7.96. The monoisotopic (exact) mass is 368 g/mol. The number of rotatable bonds is 7. The van der Waals surface area contributed by atoms with Crippen LogP contribution in [0.5, 0.6) is 11.5 Å². The third-order valence-corrected chi connectivity index (χ3v) is 6.49. The maximum atomic E-state index is 11.2. The number of benzene rings is 2. The fourth-order valence-electron chi connectivity index (χ4n) is 3.81. The second-order valence-electron chi connectivity index (χ2n) is 8.88. The Bertz CT molecular complexity index is 766. The number of hydrogen-bond donors (Lipinski definition) is 2. The third-order valence-electron chi connectivity index (χ3n) is 6.49. The molecule has 0 amide bonds. The van der Waals surface area contributed by atoms with Crippen LogP contribution in [0, 0.1) is 0 Å². The van der Waals surface area contributed by atoms with E-state index in [2.05, 4.69) is 60.6 Å². The largest absolute Gasteiger partial charge is 0.508 e. The molecule has 2 N–H and O–H groups in total. The topological polar surface area (TPSA) is 40.5 Å². The Kier molecular flexibility index (Phi) is 6.29. The number of aromatic hydroxyl groups is 2. The summed E-state index contributed by atoms with van der Waals surface area (Å²) >= 11 is 0. The van der Waals surface area contributed by atoms with E-state index in [0.717, 1.165) is 36.0 Å². The molecular formula is C25H36O2. The summed E-state index contributed by atoms with van der Waals surface area (Å²) in [4.78, 5) is 0. The summed E-state index contributed by atoms with van der Waals surface area (Å²) in [6.45, 7) is 15.4. The van der Waals surface area contributed by atoms with Crippen LogP contribution in [0.15, 0.2) is 36.4 Å². The highest BCUT2D eigenvalue weighted by molar-refractivity contribution is 5.52. The van der Waals surface area contributed by atoms with Crippen molar-refractivity contribution in [3.63, 3.8) is 0 Å². The van der Waals surface area contributed by atoms with Gasteiger partial charge in [-0.2, -0.15) is 0 Å². The molecule has 0 heterocycles. The normalized spacial score (nSPS) is 12.6. The van der Waals surface area contributed by atoms with Gasteiger partial charge in [-0.15, -0.1) is 0 Å². The van der Waals surface area contributed by atoms with E-state index in [1.807, 2.05) is 12.1 Å². The molecule has 2 nitrogen and oxygen atoms in total. The van der Waals surface area contributed by atoms with Gasteiger partial charge in [-0.25, -0.2) is 0 Å². The molecular weight excluding hydrogens is 332 g/mol. The van der Waals surface area contributed by atoms with Gasteiger partial charge < -0.3 is 10.2 Å². The fraction of sp³-hybridized carbons (Fsp3) is 0.520. The zero-order chi connectivity index (χ0) is 20.4. The Labute approximate surface area is 165 Å². The van der Waals surface area contributed by atoms with E-state index >= 15 is 0 Å². The van der Waals surface area contributed by atoms with Crippen molar-refractivity contribution in [2.45, 2.75) is 84.5 Å². The minimum atomic E-state index is -0.221. The molecule has 0 unspecified atom stereocenters. The van der Waals surface area contributed by atoms with Gasteiger partial charge in [0.1, 0.15) is 11.5 Å². The lowest BCUT2D eigenvalue weighted by Gasteiger charge is -2.33. The van der Waals surface area contributed by atoms with Crippen molar-refractivity contribution in [1.29, 1.82) is 0 Å². The van der Waals surface area contributed by atoms with E-state index in [1.54, 1.807) is 12.1 Å². The first-order valence-electron chi connectivity index (χ1n) is 10.3. The number of phenols is 2. The molecule has 0 aliphatic rings. The predicted molar refractivity (Wildman–Crippen MR) is 115 cm³/mol. The smallest absolute Gasteiger partial charge is 0.122 e. The van der Waals surface area contributed by atoms with Crippen molar-refractivity contribution in [3.8, 4) is 11.5 Å². The first kappa shape index (κ1) is 21.3. The van der Waals surface area contributed by atoms with E-state index in [0.29, 0.717) is 11.7 Å². The maximum absolute atomic E-state index is 11.2. The van der Waals surface area contributed by atoms with Crippen molar-refractivity contribution in [3.05, 3.63) is 58.7 Å². The van der Waals surface area contributed by atoms with Crippen LogP contribution in [-0.2, 0) is 10.8 Å². The molecule has 0 fully saturated rings. The molecule has 0 bridgehead atoms. The summed E-state index contributed by atoms with van der Waals surface area (Å²) in [6, 6.07) is 11.9. The first-order valence-corrected chi connectivity index (χ1v) is 10.3. The lowest BCUT2D eigenvalue weighted by atomic mass is 9.72. The lowest BCUT2D eigenvalue weighted by Crippen LogP contribution is -2.23. The average molecular weight is 369 g/mol. The van der Waals surface area contributed by atoms with Gasteiger partial charge in [0.05, 0.1) is 0 Å². The van der Waals surface area contributed by atoms with Crippen LogP contribution in [0.1, 0.15) is 95.9 Å². The van der Waals surface area contributed by atoms with Crippen molar-refractivity contribution in [2.75, 3.05) is 0 Å². The summed E-state index contributed by atoms with van der Waals surface area (Å²) in [5, 5.41) is 20.8. The summed E-state index contributed by atoms with van der Waals surface area (Å²) in [5.41, 5.74) is 4.16. The van der Waals surface area contributed by atoms with Crippen LogP contribution in [0.4, 0.5) is 0 Å². The van der Waals surface area contributed by atoms with E-state index in [-0.39, 0.29) is 16.6 Å². The predicted octanol–water partition coefficient (Wildman–Crippen LogP) is 7.01. The van der Waals surface area contributed by atoms with Crippen LogP contribution < -0.4 is 0 Å². The quantitative estimate of drug-likeness (QED) is 0.551. The molecule has 0 aliphatic heterocycles. The van der Waals surface area contributed by atoms with Gasteiger partial charge in [-0.05, 0) is 59.4 Å². The zero-order valence-electron chi connectivity index (χ0n) is 18.1. The Hall–Kier alpha value is -1.96. The molecule has 27 heavy (non-hydrogen) atoms. The number of hydrogen-bond acceptors (Lipinski definition) is 2. The molecule has 2 aromatic rings. The van der Waals surface area contributed by atoms with E-state index in [1.165, 1.54) is 5.56 Å². The summed E-state index contributed by atoms with van der Waals surface area (Å²) < 4.78 is 0. The molecule has 2 heteroatoms. The van der Waals surface area contributed by atoms with Gasteiger partial charge in [-0.3, -0.25) is 0 Å². The molecule has 0 aromatic heterocycles. The summed E-state index contributed by atoms with van der Waals surface area (Å²) in [5.74, 6) is 1.11. The van der Waals surface area contributed by atoms with Crippen molar-refractivity contribution >= 4 is 0 Å². The van der Waals surface area contributed by atoms with Crippen molar-refractivity contribution < 1.29 is 10.2 Å². The van der Waals surface area contributed by atoms with E-state index < -0.39 is 0 Å². The van der Waals surface area contributed by atoms with Gasteiger partial charge in [0.25, 0.3) is 0 Å². The molecule has 0 atom stereocenters. The maximum Gasteiger partial charge on any atom is 0.122 e. The Balaban J connectivity index is 2.73. The Morgan fingerprint density at radius 1 is 0.815 bits per heavy atom. The molecule has 0 radical (unpaired) electrons. The van der Waals surface area contributed by atoms with E-state index in [4.69, 9.17) is 0 Å². The minimum Gasteiger partial charge on any atom is -0.508 e. The molecule has 2 aromatic carbocycles. The van der Waals surface area contributed by atoms with Crippen LogP contribution in [0.2, 0.25) is 0 Å². The highest BCUT2D eigenvalue weighted by Gasteiger charge is 2.31. The SMILES string of the molecule is CCC(CC)c1cc(C(C)(C)c2ccc(O)cc2)cc(C(C)(C)CC)c1O. The molecule has 0 spiro atoms. The molecule has 0 aliphatic carbocycles. The van der Waals surface area contributed by atoms with Crippen molar-refractivity contribution in [1.82, 2.24) is 0 Å². The van der Waals surface area contributed by atoms with Gasteiger partial charge >= 0.3 is 0 Å². The minimum absolute atomic E-state index is 0.0914. The molecule has 148 valence electrons. The second-order valence-corrected chi connectivity index (χ2v) is 8.88. The summed E-state index contributed by atoms with van der Waals surface area (Å²) in [6.07, 6.45) is 2.99. The molecule has 0 saturated carbocycles. The molecule has 2 rings (SSSR count). The molecule has 0 saturated heterocycles. The fourth-order valence-corrected chi connectivity index (χ4v) is 3.81. The average Bonchev–Trinajstić information content (AvgIpc) is 2.64. The van der Waals surface area contributed by atoms with Crippen LogP contribution in [-0.4, -0.2) is 10.2 Å². The third kappa shape index (κ3) is 4.15. The van der Waals surface area contributed by atoms with Gasteiger partial charge in [-0.1, -0.05) is 72.7 Å². The van der Waals surface area contributed by atoms with E-state index in [9.17, 15) is 10.2 Å². The van der Waals surface area contributed by atoms with Gasteiger partial charge in [0.15, 0.2) is 0 Å². The van der Waals surface area contributed by atoms with Crippen LogP contribution in [0.3, 0.4) is 0 Å². The van der Waals surface area contributed by atoms with Crippen LogP contribution >= 0.6 is 0 Å². The summed E-state index contributed by atoms with van der Waals surface area (Å²) in [7, 11) is 0. The highest BCUT2D eigenvalue weighted by atomic mass is 16.3. The Morgan fingerprint density at radius 2 is 1.37 bits per heavy atom. The lowest BCUT2D eigenvalue weighted by molar-refractivity contribution is 0.415. The first-order chi connectivity index (χ1) is 12.6. The van der Waals surface area contributed by atoms with Crippen LogP contribution in [0.25, 0.3) is 0 Å². The van der Waals surface area contributed by atoms with Crippen molar-refractivity contribution in [2.24, 2.45) is 0 Å².